The number of halogens is 2. The average Bonchev–Trinajstić information content (AvgIpc) is 3.22. The van der Waals surface area contributed by atoms with E-state index >= 15 is 0 Å². The number of aromatic amines is 1. The predicted molar refractivity (Wildman–Crippen MR) is 116 cm³/mol. The molecule has 0 bridgehead atoms. The summed E-state index contributed by atoms with van der Waals surface area (Å²) in [4.78, 5) is 29.3. The van der Waals surface area contributed by atoms with Gasteiger partial charge in [0.05, 0.1) is 17.9 Å². The SMILES string of the molecule is Cc1nc(N[C@H](C)c2oc3cccc(F)c3c(=O)c2-c2cccc(F)c2)c2nc[nH]c2n1. The summed E-state index contributed by atoms with van der Waals surface area (Å²) >= 11 is 0. The van der Waals surface area contributed by atoms with Gasteiger partial charge < -0.3 is 14.7 Å². The molecule has 0 amide bonds. The second-order valence-electron chi connectivity index (χ2n) is 7.38. The van der Waals surface area contributed by atoms with Crippen molar-refractivity contribution in [2.45, 2.75) is 19.9 Å². The second-order valence-corrected chi connectivity index (χ2v) is 7.38. The lowest BCUT2D eigenvalue weighted by molar-refractivity contribution is 0.513. The van der Waals surface area contributed by atoms with E-state index in [0.717, 1.165) is 0 Å². The number of nitrogens with zero attached hydrogens (tertiary/aromatic N) is 3. The Morgan fingerprint density at radius 2 is 1.94 bits per heavy atom. The van der Waals surface area contributed by atoms with Gasteiger partial charge in [-0.2, -0.15) is 0 Å². The number of H-pyrrole nitrogens is 1. The third-order valence-electron chi connectivity index (χ3n) is 5.15. The maximum absolute atomic E-state index is 14.5. The lowest BCUT2D eigenvalue weighted by atomic mass is 9.99. The monoisotopic (exact) mass is 433 g/mol. The number of aryl methyl sites for hydroxylation is 1. The molecule has 9 heteroatoms. The molecule has 0 aliphatic carbocycles. The Morgan fingerprint density at radius 3 is 2.75 bits per heavy atom. The highest BCUT2D eigenvalue weighted by atomic mass is 19.1. The van der Waals surface area contributed by atoms with Crippen LogP contribution in [0.4, 0.5) is 14.6 Å². The number of benzene rings is 2. The van der Waals surface area contributed by atoms with E-state index in [-0.39, 0.29) is 27.9 Å². The molecule has 5 aromatic rings. The van der Waals surface area contributed by atoms with Crippen molar-refractivity contribution in [2.75, 3.05) is 5.32 Å². The standard InChI is InChI=1S/C23H17F2N5O2/c1-11(28-23-19-22(27-10-26-19)29-12(2)30-23)21-17(13-5-3-6-14(24)9-13)20(31)18-15(25)7-4-8-16(18)32-21/h3-11H,1-2H3,(H2,26,27,28,29,30)/t11-/m1/s1. The van der Waals surface area contributed by atoms with Gasteiger partial charge >= 0.3 is 0 Å². The molecule has 0 saturated carbocycles. The summed E-state index contributed by atoms with van der Waals surface area (Å²) in [5.41, 5.74) is 0.955. The molecular formula is C23H17F2N5O2. The number of nitrogens with one attached hydrogen (secondary N) is 2. The second kappa shape index (κ2) is 7.52. The van der Waals surface area contributed by atoms with Crippen LogP contribution in [0.3, 0.4) is 0 Å². The Hall–Kier alpha value is -4.14. The van der Waals surface area contributed by atoms with E-state index in [1.165, 1.54) is 42.7 Å². The number of anilines is 1. The van der Waals surface area contributed by atoms with Gasteiger partial charge in [0, 0.05) is 0 Å². The van der Waals surface area contributed by atoms with Crippen LogP contribution in [0.1, 0.15) is 24.6 Å². The van der Waals surface area contributed by atoms with Crippen LogP contribution >= 0.6 is 0 Å². The highest BCUT2D eigenvalue weighted by molar-refractivity contribution is 5.85. The van der Waals surface area contributed by atoms with E-state index in [9.17, 15) is 13.6 Å². The summed E-state index contributed by atoms with van der Waals surface area (Å²) in [5.74, 6) is -0.0478. The van der Waals surface area contributed by atoms with Gasteiger partial charge in [-0.1, -0.05) is 18.2 Å². The maximum Gasteiger partial charge on any atom is 0.203 e. The normalized spacial score (nSPS) is 12.4. The van der Waals surface area contributed by atoms with Crippen molar-refractivity contribution in [3.05, 3.63) is 82.2 Å². The van der Waals surface area contributed by atoms with E-state index in [1.54, 1.807) is 19.9 Å². The number of aromatic nitrogens is 4. The van der Waals surface area contributed by atoms with Crippen LogP contribution in [-0.4, -0.2) is 19.9 Å². The first-order valence-corrected chi connectivity index (χ1v) is 9.88. The molecule has 0 aliphatic rings. The molecular weight excluding hydrogens is 416 g/mol. The van der Waals surface area contributed by atoms with Crippen LogP contribution in [0.5, 0.6) is 0 Å². The van der Waals surface area contributed by atoms with Crippen molar-refractivity contribution < 1.29 is 13.2 Å². The summed E-state index contributed by atoms with van der Waals surface area (Å²) in [5, 5.41) is 3.02. The van der Waals surface area contributed by atoms with Crippen molar-refractivity contribution in [1.29, 1.82) is 0 Å². The van der Waals surface area contributed by atoms with E-state index in [2.05, 4.69) is 25.3 Å². The lowest BCUT2D eigenvalue weighted by Crippen LogP contribution is -2.17. The first kappa shape index (κ1) is 19.8. The number of fused-ring (bicyclic) bond motifs is 2. The quantitative estimate of drug-likeness (QED) is 0.419. The third kappa shape index (κ3) is 3.27. The summed E-state index contributed by atoms with van der Waals surface area (Å²) in [6.45, 7) is 3.51. The minimum Gasteiger partial charge on any atom is -0.458 e. The summed E-state index contributed by atoms with van der Waals surface area (Å²) in [7, 11) is 0. The molecule has 3 heterocycles. The molecule has 3 aromatic heterocycles. The van der Waals surface area contributed by atoms with E-state index in [1.807, 2.05) is 0 Å². The van der Waals surface area contributed by atoms with E-state index in [4.69, 9.17) is 4.42 Å². The highest BCUT2D eigenvalue weighted by Crippen LogP contribution is 2.32. The molecule has 0 aliphatic heterocycles. The van der Waals surface area contributed by atoms with Crippen molar-refractivity contribution in [3.63, 3.8) is 0 Å². The van der Waals surface area contributed by atoms with Gasteiger partial charge in [0.2, 0.25) is 5.43 Å². The van der Waals surface area contributed by atoms with Gasteiger partial charge in [0.15, 0.2) is 11.5 Å². The van der Waals surface area contributed by atoms with Crippen LogP contribution in [-0.2, 0) is 0 Å². The lowest BCUT2D eigenvalue weighted by Gasteiger charge is -2.18. The van der Waals surface area contributed by atoms with Gasteiger partial charge in [-0.05, 0) is 43.7 Å². The first-order chi connectivity index (χ1) is 15.4. The molecule has 2 N–H and O–H groups in total. The molecule has 160 valence electrons. The van der Waals surface area contributed by atoms with E-state index < -0.39 is 23.1 Å². The Balaban J connectivity index is 1.72. The number of hydrogen-bond acceptors (Lipinski definition) is 6. The largest absolute Gasteiger partial charge is 0.458 e. The molecule has 32 heavy (non-hydrogen) atoms. The topological polar surface area (TPSA) is 96.7 Å². The molecule has 0 unspecified atom stereocenters. The fourth-order valence-corrected chi connectivity index (χ4v) is 3.76. The molecule has 0 saturated heterocycles. The zero-order valence-corrected chi connectivity index (χ0v) is 17.1. The van der Waals surface area contributed by atoms with Crippen LogP contribution in [0.15, 0.2) is 58.0 Å². The highest BCUT2D eigenvalue weighted by Gasteiger charge is 2.24. The van der Waals surface area contributed by atoms with E-state index in [0.29, 0.717) is 22.8 Å². The Morgan fingerprint density at radius 1 is 1.12 bits per heavy atom. The smallest absolute Gasteiger partial charge is 0.203 e. The van der Waals surface area contributed by atoms with Gasteiger partial charge in [-0.25, -0.2) is 23.7 Å². The molecule has 7 nitrogen and oxygen atoms in total. The van der Waals surface area contributed by atoms with Crippen LogP contribution in [0, 0.1) is 18.6 Å². The summed E-state index contributed by atoms with van der Waals surface area (Å²) < 4.78 is 34.5. The van der Waals surface area contributed by atoms with Crippen LogP contribution in [0.2, 0.25) is 0 Å². The molecule has 0 fully saturated rings. The fraction of sp³-hybridized carbons (Fsp3) is 0.130. The molecule has 2 aromatic carbocycles. The summed E-state index contributed by atoms with van der Waals surface area (Å²) in [6.07, 6.45) is 1.51. The van der Waals surface area contributed by atoms with Gasteiger partial charge in [0.25, 0.3) is 0 Å². The van der Waals surface area contributed by atoms with Crippen LogP contribution in [0.25, 0.3) is 33.3 Å². The van der Waals surface area contributed by atoms with Gasteiger partial charge in [-0.3, -0.25) is 4.79 Å². The molecule has 0 radical (unpaired) electrons. The number of hydrogen-bond donors (Lipinski definition) is 2. The van der Waals surface area contributed by atoms with Crippen molar-refractivity contribution in [2.24, 2.45) is 0 Å². The van der Waals surface area contributed by atoms with Crippen molar-refractivity contribution >= 4 is 28.0 Å². The minimum absolute atomic E-state index is 0.0751. The molecule has 1 atom stereocenters. The first-order valence-electron chi connectivity index (χ1n) is 9.88. The van der Waals surface area contributed by atoms with Gasteiger partial charge in [0.1, 0.15) is 39.7 Å². The Bertz CT molecular complexity index is 1540. The minimum atomic E-state index is -0.703. The number of rotatable bonds is 4. The maximum atomic E-state index is 14.5. The van der Waals surface area contributed by atoms with Crippen LogP contribution < -0.4 is 10.7 Å². The zero-order valence-electron chi connectivity index (χ0n) is 17.1. The molecule has 5 rings (SSSR count). The number of imidazole rings is 1. The third-order valence-corrected chi connectivity index (χ3v) is 5.15. The average molecular weight is 433 g/mol. The van der Waals surface area contributed by atoms with Gasteiger partial charge in [-0.15, -0.1) is 0 Å². The zero-order chi connectivity index (χ0) is 22.4. The summed E-state index contributed by atoms with van der Waals surface area (Å²) in [6, 6.07) is 9.13. The predicted octanol–water partition coefficient (Wildman–Crippen LogP) is 4.89. The Kier molecular flexibility index (Phi) is 4.66. The van der Waals surface area contributed by atoms with Crippen molar-refractivity contribution in [1.82, 2.24) is 19.9 Å². The Labute approximate surface area is 180 Å². The fourth-order valence-electron chi connectivity index (χ4n) is 3.76. The molecule has 0 spiro atoms. The van der Waals surface area contributed by atoms with Crippen molar-refractivity contribution in [3.8, 4) is 11.1 Å².